The summed E-state index contributed by atoms with van der Waals surface area (Å²) in [6.07, 6.45) is 0. The molecule has 0 saturated carbocycles. The second-order valence-electron chi connectivity index (χ2n) is 4.69. The van der Waals surface area contributed by atoms with Crippen molar-refractivity contribution < 1.29 is 15.0 Å². The summed E-state index contributed by atoms with van der Waals surface area (Å²) in [4.78, 5) is 0. The zero-order valence-corrected chi connectivity index (χ0v) is 10.9. The summed E-state index contributed by atoms with van der Waals surface area (Å²) in [5.74, 6) is 0. The van der Waals surface area contributed by atoms with Crippen LogP contribution in [0.15, 0.2) is 11.1 Å². The van der Waals surface area contributed by atoms with Crippen molar-refractivity contribution in [1.29, 1.82) is 0 Å². The van der Waals surface area contributed by atoms with Gasteiger partial charge in [0.05, 0.1) is 16.7 Å². The van der Waals surface area contributed by atoms with Crippen molar-refractivity contribution in [3.8, 4) is 0 Å². The van der Waals surface area contributed by atoms with Gasteiger partial charge in [0.25, 0.3) is 0 Å². The summed E-state index contributed by atoms with van der Waals surface area (Å²) in [5, 5.41) is 0. The molecule has 0 amide bonds. The van der Waals surface area contributed by atoms with Crippen molar-refractivity contribution in [3.63, 3.8) is 0 Å². The molecule has 2 heteroatoms. The van der Waals surface area contributed by atoms with Gasteiger partial charge in [-0.25, -0.2) is 0 Å². The topological polar surface area (TPSA) is 18.5 Å². The van der Waals surface area contributed by atoms with E-state index >= 15 is 0 Å². The molecule has 0 N–H and O–H groups in total. The SMILES string of the molecule is [2H]C([2H])OC(C)(C)/C(C)=C(/C)C(C)(C)OC([2H])([2H])C. The average molecular weight is 218 g/mol. The van der Waals surface area contributed by atoms with E-state index in [1.54, 1.807) is 27.7 Å². The first kappa shape index (κ1) is 8.77. The highest BCUT2D eigenvalue weighted by atomic mass is 16.5. The van der Waals surface area contributed by atoms with E-state index in [0.29, 0.717) is 0 Å². The van der Waals surface area contributed by atoms with Crippen LogP contribution in [0, 0.1) is 0 Å². The number of rotatable bonds is 5. The van der Waals surface area contributed by atoms with E-state index in [4.69, 9.17) is 15.0 Å². The molecule has 90 valence electrons. The quantitative estimate of drug-likeness (QED) is 0.657. The summed E-state index contributed by atoms with van der Waals surface area (Å²) in [6, 6.07) is 0. The Kier molecular flexibility index (Phi) is 3.00. The van der Waals surface area contributed by atoms with Crippen LogP contribution in [0.3, 0.4) is 0 Å². The van der Waals surface area contributed by atoms with E-state index in [-0.39, 0.29) is 0 Å². The van der Waals surface area contributed by atoms with Crippen LogP contribution in [0.4, 0.5) is 0 Å². The highest BCUT2D eigenvalue weighted by Gasteiger charge is 2.28. The Balaban J connectivity index is 5.33. The van der Waals surface area contributed by atoms with Crippen molar-refractivity contribution in [2.45, 2.75) is 59.7 Å². The first-order valence-corrected chi connectivity index (χ1v) is 5.10. The predicted molar refractivity (Wildman–Crippen MR) is 65.2 cm³/mol. The fourth-order valence-electron chi connectivity index (χ4n) is 1.32. The Hall–Kier alpha value is -0.340. The second kappa shape index (κ2) is 5.13. The van der Waals surface area contributed by atoms with Gasteiger partial charge in [-0.2, -0.15) is 0 Å². The van der Waals surface area contributed by atoms with Crippen LogP contribution in [0.25, 0.3) is 0 Å². The Morgan fingerprint density at radius 3 is 2.00 bits per heavy atom. The van der Waals surface area contributed by atoms with Gasteiger partial charge in [0.1, 0.15) is 0 Å². The molecule has 0 rings (SSSR count). The minimum absolute atomic E-state index is 0.765. The molecule has 2 nitrogen and oxygen atoms in total. The van der Waals surface area contributed by atoms with Crippen LogP contribution >= 0.6 is 0 Å². The molecular formula is C13H26O2. The molecule has 0 atom stereocenters. The number of hydrogen-bond donors (Lipinski definition) is 0. The van der Waals surface area contributed by atoms with Crippen molar-refractivity contribution >= 4 is 0 Å². The van der Waals surface area contributed by atoms with Crippen LogP contribution < -0.4 is 0 Å². The van der Waals surface area contributed by atoms with Crippen LogP contribution in [0.5, 0.6) is 0 Å². The molecule has 0 bridgehead atoms. The average Bonchev–Trinajstić information content (AvgIpc) is 2.09. The van der Waals surface area contributed by atoms with E-state index < -0.39 is 24.8 Å². The zero-order valence-electron chi connectivity index (χ0n) is 14.9. The smallest absolute Gasteiger partial charge is 0.0836 e. The van der Waals surface area contributed by atoms with Gasteiger partial charge in [0.15, 0.2) is 0 Å². The van der Waals surface area contributed by atoms with Gasteiger partial charge in [0, 0.05) is 13.6 Å². The van der Waals surface area contributed by atoms with E-state index in [2.05, 4.69) is 0 Å². The van der Waals surface area contributed by atoms with Gasteiger partial charge >= 0.3 is 0 Å². The molecule has 0 aromatic heterocycles. The lowest BCUT2D eigenvalue weighted by molar-refractivity contribution is 0.0110. The molecule has 0 aliphatic heterocycles. The molecule has 0 saturated heterocycles. The molecular weight excluding hydrogens is 188 g/mol. The van der Waals surface area contributed by atoms with Gasteiger partial charge in [-0.15, -0.1) is 0 Å². The van der Waals surface area contributed by atoms with E-state index in [9.17, 15) is 0 Å². The lowest BCUT2D eigenvalue weighted by Crippen LogP contribution is -2.32. The minimum atomic E-state index is -1.73. The van der Waals surface area contributed by atoms with Crippen molar-refractivity contribution in [1.82, 2.24) is 0 Å². The van der Waals surface area contributed by atoms with Gasteiger partial charge < -0.3 is 9.47 Å². The van der Waals surface area contributed by atoms with E-state index in [1.165, 1.54) is 6.92 Å². The number of ether oxygens (including phenoxy) is 2. The van der Waals surface area contributed by atoms with Gasteiger partial charge in [-0.1, -0.05) is 0 Å². The molecule has 0 aromatic rings. The second-order valence-corrected chi connectivity index (χ2v) is 4.69. The first-order valence-electron chi connectivity index (χ1n) is 7.25. The van der Waals surface area contributed by atoms with Crippen molar-refractivity contribution in [3.05, 3.63) is 11.1 Å². The van der Waals surface area contributed by atoms with E-state index in [1.807, 2.05) is 13.8 Å². The van der Waals surface area contributed by atoms with Crippen molar-refractivity contribution in [2.75, 3.05) is 13.6 Å². The first-order chi connectivity index (χ1) is 8.19. The Morgan fingerprint density at radius 1 is 1.13 bits per heavy atom. The largest absolute Gasteiger partial charge is 0.374 e. The summed E-state index contributed by atoms with van der Waals surface area (Å²) in [5.41, 5.74) is 0.122. The molecule has 0 aromatic carbocycles. The molecule has 0 heterocycles. The van der Waals surface area contributed by atoms with E-state index in [0.717, 1.165) is 11.1 Å². The summed E-state index contributed by atoms with van der Waals surface area (Å²) >= 11 is 0. The monoisotopic (exact) mass is 218 g/mol. The fraction of sp³-hybridized carbons (Fsp3) is 0.846. The maximum atomic E-state index is 7.52. The Labute approximate surface area is 100 Å². The maximum absolute atomic E-state index is 7.52. The number of methoxy groups -OCH3 is 1. The van der Waals surface area contributed by atoms with Crippen LogP contribution in [0.2, 0.25) is 0 Å². The van der Waals surface area contributed by atoms with Gasteiger partial charge in [-0.05, 0) is 59.6 Å². The van der Waals surface area contributed by atoms with Crippen molar-refractivity contribution in [2.24, 2.45) is 0 Å². The maximum Gasteiger partial charge on any atom is 0.0836 e. The summed E-state index contributed by atoms with van der Waals surface area (Å²) < 4.78 is 40.1. The molecule has 0 fully saturated rings. The highest BCUT2D eigenvalue weighted by molar-refractivity contribution is 5.25. The molecule has 0 unspecified atom stereocenters. The molecule has 0 radical (unpaired) electrons. The lowest BCUT2D eigenvalue weighted by atomic mass is 9.87. The number of hydrogen-bond acceptors (Lipinski definition) is 2. The molecule has 0 aliphatic rings. The van der Waals surface area contributed by atoms with Gasteiger partial charge in [-0.3, -0.25) is 0 Å². The lowest BCUT2D eigenvalue weighted by Gasteiger charge is -2.33. The van der Waals surface area contributed by atoms with Gasteiger partial charge in [0.2, 0.25) is 0 Å². The minimum Gasteiger partial charge on any atom is -0.374 e. The van der Waals surface area contributed by atoms with Crippen LogP contribution in [-0.2, 0) is 9.47 Å². The standard InChI is InChI=1S/C13H26O2/c1-9-15-13(6,7)11(3)10(2)12(4,5)14-8/h9H2,1-8H3/b11-10-/i8D2,9D2. The molecule has 0 aliphatic carbocycles. The predicted octanol–water partition coefficient (Wildman–Crippen LogP) is 3.56. The third-order valence-electron chi connectivity index (χ3n) is 3.02. The fourth-order valence-corrected chi connectivity index (χ4v) is 1.32. The summed E-state index contributed by atoms with van der Waals surface area (Å²) in [6.45, 7) is 10.5. The normalized spacial score (nSPS) is 20.3. The highest BCUT2D eigenvalue weighted by Crippen LogP contribution is 2.30. The molecule has 15 heavy (non-hydrogen) atoms. The molecule has 0 spiro atoms. The Bertz CT molecular complexity index is 341. The Morgan fingerprint density at radius 2 is 1.60 bits per heavy atom. The zero-order chi connectivity index (χ0) is 15.6. The summed E-state index contributed by atoms with van der Waals surface area (Å²) in [7, 11) is -1.36. The third-order valence-corrected chi connectivity index (χ3v) is 3.02. The van der Waals surface area contributed by atoms with Crippen LogP contribution in [0.1, 0.15) is 53.9 Å². The van der Waals surface area contributed by atoms with Crippen LogP contribution in [-0.4, -0.2) is 24.8 Å². The third kappa shape index (κ3) is 3.62.